The van der Waals surface area contributed by atoms with E-state index in [1.165, 1.54) is 12.1 Å². The molecule has 60 heavy (non-hydrogen) atoms. The summed E-state index contributed by atoms with van der Waals surface area (Å²) < 4.78 is 106. The number of hydrogen-bond acceptors (Lipinski definition) is 8. The normalized spacial score (nSPS) is 21.7. The van der Waals surface area contributed by atoms with Gasteiger partial charge in [0.2, 0.25) is 11.9 Å². The maximum absolute atomic E-state index is 17.8. The molecule has 2 aromatic carbocycles. The summed E-state index contributed by atoms with van der Waals surface area (Å²) in [6, 6.07) is 11.7. The number of anilines is 2. The fourth-order valence-electron chi connectivity index (χ4n) is 9.56. The number of rotatable bonds is 10. The molecule has 4 aliphatic rings. The molecular weight excluding hydrogens is 785 g/mol. The van der Waals surface area contributed by atoms with E-state index in [0.717, 1.165) is 47.7 Å². The zero-order valence-electron chi connectivity index (χ0n) is 34.4. The van der Waals surface area contributed by atoms with Crippen LogP contribution >= 0.6 is 0 Å². The van der Waals surface area contributed by atoms with Gasteiger partial charge in [-0.05, 0) is 90.8 Å². The number of methoxy groups -OCH3 is 1. The second-order valence-corrected chi connectivity index (χ2v) is 17.6. The highest BCUT2D eigenvalue weighted by atomic mass is 19.4. The molecule has 8 rings (SSSR count). The molecule has 2 saturated heterocycles. The minimum absolute atomic E-state index is 0.0615. The second-order valence-electron chi connectivity index (χ2n) is 17.6. The Bertz CT molecular complexity index is 2070. The highest BCUT2D eigenvalue weighted by molar-refractivity contribution is 5.52. The molecule has 4 aromatic rings. The van der Waals surface area contributed by atoms with E-state index in [1.807, 2.05) is 36.7 Å². The molecule has 2 aliphatic carbocycles. The van der Waals surface area contributed by atoms with Crippen LogP contribution in [0.4, 0.5) is 38.0 Å². The minimum Gasteiger partial charge on any atom is -0.497 e. The molecule has 0 spiro atoms. The van der Waals surface area contributed by atoms with Gasteiger partial charge in [-0.25, -0.2) is 23.1 Å². The Morgan fingerprint density at radius 3 is 2.10 bits per heavy atom. The molecule has 3 fully saturated rings. The Labute approximate surface area is 347 Å². The summed E-state index contributed by atoms with van der Waals surface area (Å²) in [4.78, 5) is 19.1. The summed E-state index contributed by atoms with van der Waals surface area (Å²) >= 11 is 0. The van der Waals surface area contributed by atoms with E-state index >= 15 is 4.39 Å². The lowest BCUT2D eigenvalue weighted by atomic mass is 9.68. The van der Waals surface area contributed by atoms with Gasteiger partial charge >= 0.3 is 6.18 Å². The largest absolute Gasteiger partial charge is 0.497 e. The molecule has 0 bridgehead atoms. The lowest BCUT2D eigenvalue weighted by molar-refractivity contribution is -0.137. The molecule has 0 radical (unpaired) electrons. The first kappa shape index (κ1) is 42.3. The number of alkyl halides is 6. The van der Waals surface area contributed by atoms with Crippen LogP contribution in [-0.4, -0.2) is 67.4 Å². The predicted octanol–water partition coefficient (Wildman–Crippen LogP) is 10.7. The quantitative estimate of drug-likeness (QED) is 0.146. The smallest absolute Gasteiger partial charge is 0.416 e. The van der Waals surface area contributed by atoms with Crippen LogP contribution in [0.15, 0.2) is 60.9 Å². The van der Waals surface area contributed by atoms with Gasteiger partial charge in [-0.3, -0.25) is 4.98 Å². The average molecular weight is 838 g/mol. The Morgan fingerprint density at radius 1 is 0.833 bits per heavy atom. The lowest BCUT2D eigenvalue weighted by Crippen LogP contribution is -2.37. The summed E-state index contributed by atoms with van der Waals surface area (Å²) in [6.45, 7) is 8.52. The fraction of sp³-hybridized carbons (Fsp3) is 0.543. The van der Waals surface area contributed by atoms with Crippen molar-refractivity contribution in [3.8, 4) is 5.75 Å². The first-order chi connectivity index (χ1) is 28.7. The average Bonchev–Trinajstić information content (AvgIpc) is 3.25. The van der Waals surface area contributed by atoms with Gasteiger partial charge < -0.3 is 24.0 Å². The summed E-state index contributed by atoms with van der Waals surface area (Å²) in [5.74, 6) is -2.17. The minimum atomic E-state index is -4.59. The Balaban J connectivity index is 1.20. The van der Waals surface area contributed by atoms with E-state index in [4.69, 9.17) is 29.2 Å². The fourth-order valence-corrected chi connectivity index (χ4v) is 9.56. The van der Waals surface area contributed by atoms with Gasteiger partial charge in [0.1, 0.15) is 5.75 Å². The molecule has 1 saturated carbocycles. The number of halogens is 6. The molecule has 2 atom stereocenters. The number of pyridine rings is 1. The van der Waals surface area contributed by atoms with Crippen LogP contribution in [0.5, 0.6) is 5.75 Å². The number of hydrogen-bond donors (Lipinski definition) is 0. The maximum atomic E-state index is 17.8. The van der Waals surface area contributed by atoms with Gasteiger partial charge in [0.15, 0.2) is 6.17 Å². The summed E-state index contributed by atoms with van der Waals surface area (Å²) in [5.41, 5.74) is 3.80. The van der Waals surface area contributed by atoms with E-state index < -0.39 is 35.9 Å². The van der Waals surface area contributed by atoms with Crippen molar-refractivity contribution in [2.75, 3.05) is 56.3 Å². The zero-order chi connectivity index (χ0) is 42.2. The van der Waals surface area contributed by atoms with Gasteiger partial charge in [-0.15, -0.1) is 0 Å². The summed E-state index contributed by atoms with van der Waals surface area (Å²) in [5, 5.41) is 0. The molecule has 8 nitrogen and oxygen atoms in total. The van der Waals surface area contributed by atoms with Crippen LogP contribution in [0.25, 0.3) is 0 Å². The molecule has 0 N–H and O–H groups in total. The number of ether oxygens (including phenoxy) is 3. The molecule has 0 unspecified atom stereocenters. The van der Waals surface area contributed by atoms with Gasteiger partial charge in [-0.1, -0.05) is 38.1 Å². The first-order valence-corrected chi connectivity index (χ1v) is 21.1. The first-order valence-electron chi connectivity index (χ1n) is 21.1. The van der Waals surface area contributed by atoms with Gasteiger partial charge in [-0.2, -0.15) is 13.2 Å². The highest BCUT2D eigenvalue weighted by Gasteiger charge is 2.44. The Kier molecular flexibility index (Phi) is 12.1. The van der Waals surface area contributed by atoms with E-state index in [-0.39, 0.29) is 49.2 Å². The lowest BCUT2D eigenvalue weighted by Gasteiger charge is -2.42. The third-order valence-electron chi connectivity index (χ3n) is 12.8. The van der Waals surface area contributed by atoms with Crippen molar-refractivity contribution >= 4 is 11.6 Å². The van der Waals surface area contributed by atoms with Crippen molar-refractivity contribution in [2.45, 2.75) is 108 Å². The van der Waals surface area contributed by atoms with Crippen molar-refractivity contribution in [2.24, 2.45) is 5.41 Å². The molecule has 322 valence electrons. The van der Waals surface area contributed by atoms with Crippen molar-refractivity contribution in [3.63, 3.8) is 0 Å². The van der Waals surface area contributed by atoms with Gasteiger partial charge in [0.05, 0.1) is 62.4 Å². The molecular formula is C46H53F6N5O3. The van der Waals surface area contributed by atoms with Gasteiger partial charge in [0, 0.05) is 61.8 Å². The standard InChI is InChI=1S/C46H53F6N5O3/c1-44(2)24-36-39(37(25-44)60-28-29-4-10-35(58-3)11-5-29)38(30-12-16-45(48,49)17-13-30)40(41(47)31-6-8-33(9-7-31)46(50,51)52)42(55-36)32-14-18-57(19-15-32)43-53-26-34(27-54-43)56-20-22-59-23-21-56/h4-11,26-27,30,32,37,41H,12-25,28H2,1-3H3/t37-,41-/m0/s1. The van der Waals surface area contributed by atoms with Crippen LogP contribution in [-0.2, 0) is 28.7 Å². The monoisotopic (exact) mass is 837 g/mol. The number of piperidine rings is 1. The van der Waals surface area contributed by atoms with Crippen molar-refractivity contribution in [1.82, 2.24) is 15.0 Å². The number of benzene rings is 2. The van der Waals surface area contributed by atoms with Crippen LogP contribution < -0.4 is 14.5 Å². The van der Waals surface area contributed by atoms with E-state index in [1.54, 1.807) is 7.11 Å². The molecule has 0 amide bonds. The second kappa shape index (κ2) is 17.1. The third kappa shape index (κ3) is 9.24. The van der Waals surface area contributed by atoms with Crippen LogP contribution in [0, 0.1) is 5.41 Å². The van der Waals surface area contributed by atoms with Crippen LogP contribution in [0.1, 0.15) is 128 Å². The molecule has 2 aliphatic heterocycles. The van der Waals surface area contributed by atoms with E-state index in [9.17, 15) is 22.0 Å². The summed E-state index contributed by atoms with van der Waals surface area (Å²) in [6.07, 6.45) is -1.37. The van der Waals surface area contributed by atoms with Crippen molar-refractivity contribution < 1.29 is 40.6 Å². The van der Waals surface area contributed by atoms with Crippen molar-refractivity contribution in [1.29, 1.82) is 0 Å². The topological polar surface area (TPSA) is 72.8 Å². The number of morpholine rings is 1. The maximum Gasteiger partial charge on any atom is 0.416 e. The Morgan fingerprint density at radius 2 is 1.48 bits per heavy atom. The number of nitrogens with zero attached hydrogens (tertiary/aromatic N) is 5. The zero-order valence-corrected chi connectivity index (χ0v) is 34.4. The molecule has 2 aromatic heterocycles. The SMILES string of the molecule is COc1ccc(CO[C@H]2CC(C)(C)Cc3nc(C4CCN(c5ncc(N6CCOCC6)cn5)CC4)c([C@@H](F)c4ccc(C(F)(F)F)cc4)c(C4CCC(F)(F)CC4)c32)cc1. The van der Waals surface area contributed by atoms with E-state index in [2.05, 4.69) is 23.6 Å². The van der Waals surface area contributed by atoms with Crippen LogP contribution in [0.2, 0.25) is 0 Å². The number of aromatic nitrogens is 3. The van der Waals surface area contributed by atoms with E-state index in [0.29, 0.717) is 80.5 Å². The van der Waals surface area contributed by atoms with Crippen molar-refractivity contribution in [3.05, 3.63) is 106 Å². The molecule has 14 heteroatoms. The predicted molar refractivity (Wildman–Crippen MR) is 217 cm³/mol. The van der Waals surface area contributed by atoms with Crippen LogP contribution in [0.3, 0.4) is 0 Å². The highest BCUT2D eigenvalue weighted by Crippen LogP contribution is 2.53. The van der Waals surface area contributed by atoms with Gasteiger partial charge in [0.25, 0.3) is 0 Å². The molecule has 4 heterocycles. The Hall–Kier alpha value is -4.43. The third-order valence-corrected chi connectivity index (χ3v) is 12.8. The number of fused-ring (bicyclic) bond motifs is 1. The summed E-state index contributed by atoms with van der Waals surface area (Å²) in [7, 11) is 1.60.